The molecule has 0 unspecified atom stereocenters. The molecule has 0 saturated carbocycles. The Morgan fingerprint density at radius 3 is 2.84 bits per heavy atom. The molecule has 8 nitrogen and oxygen atoms in total. The molecule has 2 aromatic heterocycles. The summed E-state index contributed by atoms with van der Waals surface area (Å²) in [6.07, 6.45) is 4.17. The number of thioether (sulfide) groups is 1. The van der Waals surface area contributed by atoms with Crippen LogP contribution < -0.4 is 10.6 Å². The number of piperidine rings is 1. The van der Waals surface area contributed by atoms with Crippen LogP contribution in [0.5, 0.6) is 0 Å². The average molecular weight is 363 g/mol. The van der Waals surface area contributed by atoms with Gasteiger partial charge in [0.2, 0.25) is 0 Å². The van der Waals surface area contributed by atoms with E-state index in [-0.39, 0.29) is 0 Å². The van der Waals surface area contributed by atoms with Gasteiger partial charge in [-0.3, -0.25) is 0 Å². The third-order valence-electron chi connectivity index (χ3n) is 4.46. The molecule has 3 heterocycles. The Morgan fingerprint density at radius 1 is 1.32 bits per heavy atom. The molecule has 136 valence electrons. The zero-order chi connectivity index (χ0) is 18.0. The first-order valence-electron chi connectivity index (χ1n) is 8.44. The number of nitrogen functional groups attached to an aromatic ring is 1. The van der Waals surface area contributed by atoms with Gasteiger partial charge >= 0.3 is 0 Å². The Labute approximate surface area is 152 Å². The predicted molar refractivity (Wildman–Crippen MR) is 101 cm³/mol. The van der Waals surface area contributed by atoms with E-state index in [1.165, 1.54) is 11.8 Å². The molecule has 0 aliphatic carbocycles. The first-order valence-corrected chi connectivity index (χ1v) is 9.66. The summed E-state index contributed by atoms with van der Waals surface area (Å²) in [5.41, 5.74) is 5.94. The lowest BCUT2D eigenvalue weighted by molar-refractivity contribution is 0.382. The highest BCUT2D eigenvalue weighted by Gasteiger charge is 2.27. The summed E-state index contributed by atoms with van der Waals surface area (Å²) in [6, 6.07) is 1.86. The van der Waals surface area contributed by atoms with Gasteiger partial charge in [-0.15, -0.1) is 10.2 Å². The van der Waals surface area contributed by atoms with Gasteiger partial charge in [0.15, 0.2) is 5.16 Å². The summed E-state index contributed by atoms with van der Waals surface area (Å²) in [4.78, 5) is 13.3. The van der Waals surface area contributed by atoms with Crippen LogP contribution in [0.15, 0.2) is 11.2 Å². The molecule has 1 fully saturated rings. The SMILES string of the molecule is CSc1nc(N)cc(N2CCC[C@H](c3nnc(CN(C)C)n3C)C2)n1. The summed E-state index contributed by atoms with van der Waals surface area (Å²) in [7, 11) is 6.14. The highest BCUT2D eigenvalue weighted by molar-refractivity contribution is 7.98. The average Bonchev–Trinajstić information content (AvgIpc) is 2.94. The van der Waals surface area contributed by atoms with Crippen molar-refractivity contribution in [3.63, 3.8) is 0 Å². The van der Waals surface area contributed by atoms with Crippen LogP contribution >= 0.6 is 11.8 Å². The van der Waals surface area contributed by atoms with Gasteiger partial charge in [0.05, 0.1) is 6.54 Å². The molecular formula is C16H26N8S. The Bertz CT molecular complexity index is 729. The van der Waals surface area contributed by atoms with Gasteiger partial charge in [-0.25, -0.2) is 9.97 Å². The van der Waals surface area contributed by atoms with Crippen LogP contribution in [0.3, 0.4) is 0 Å². The number of nitrogens with two attached hydrogens (primary N) is 1. The van der Waals surface area contributed by atoms with Crippen LogP contribution in [0.2, 0.25) is 0 Å². The van der Waals surface area contributed by atoms with Crippen molar-refractivity contribution in [1.29, 1.82) is 0 Å². The fraction of sp³-hybridized carbons (Fsp3) is 0.625. The van der Waals surface area contributed by atoms with Crippen LogP contribution in [0.4, 0.5) is 11.6 Å². The number of hydrogen-bond acceptors (Lipinski definition) is 8. The molecule has 9 heteroatoms. The van der Waals surface area contributed by atoms with Crippen molar-refractivity contribution in [2.45, 2.75) is 30.5 Å². The Hall–Kier alpha value is -1.87. The maximum absolute atomic E-state index is 5.94. The van der Waals surface area contributed by atoms with E-state index in [2.05, 4.69) is 41.6 Å². The molecule has 0 amide bonds. The van der Waals surface area contributed by atoms with Gasteiger partial charge in [0.1, 0.15) is 23.3 Å². The highest BCUT2D eigenvalue weighted by atomic mass is 32.2. The summed E-state index contributed by atoms with van der Waals surface area (Å²) in [6.45, 7) is 2.64. The monoisotopic (exact) mass is 362 g/mol. The molecular weight excluding hydrogens is 336 g/mol. The van der Waals surface area contributed by atoms with Crippen molar-refractivity contribution < 1.29 is 0 Å². The van der Waals surface area contributed by atoms with E-state index < -0.39 is 0 Å². The Morgan fingerprint density at radius 2 is 2.12 bits per heavy atom. The Balaban J connectivity index is 1.80. The van der Waals surface area contributed by atoms with E-state index in [1.807, 2.05) is 26.4 Å². The van der Waals surface area contributed by atoms with Crippen molar-refractivity contribution in [2.75, 3.05) is 44.1 Å². The number of anilines is 2. The van der Waals surface area contributed by atoms with Crippen molar-refractivity contribution in [3.05, 3.63) is 17.7 Å². The number of rotatable bonds is 5. The van der Waals surface area contributed by atoms with E-state index in [4.69, 9.17) is 5.73 Å². The van der Waals surface area contributed by atoms with Crippen LogP contribution in [0.1, 0.15) is 30.4 Å². The number of nitrogens with zero attached hydrogens (tertiary/aromatic N) is 7. The normalized spacial score (nSPS) is 18.1. The van der Waals surface area contributed by atoms with Crippen molar-refractivity contribution in [1.82, 2.24) is 29.6 Å². The standard InChI is InChI=1S/C16H26N8S/c1-22(2)10-14-20-21-15(23(14)3)11-6-5-7-24(9-11)13-8-12(17)18-16(19-13)25-4/h8,11H,5-7,9-10H2,1-4H3,(H2,17,18,19)/t11-/m0/s1. The molecule has 1 saturated heterocycles. The maximum Gasteiger partial charge on any atom is 0.191 e. The summed E-state index contributed by atoms with van der Waals surface area (Å²) < 4.78 is 2.13. The third-order valence-corrected chi connectivity index (χ3v) is 5.01. The third kappa shape index (κ3) is 4.04. The van der Waals surface area contributed by atoms with E-state index in [1.54, 1.807) is 0 Å². The zero-order valence-electron chi connectivity index (χ0n) is 15.3. The quantitative estimate of drug-likeness (QED) is 0.630. The minimum atomic E-state index is 0.344. The van der Waals surface area contributed by atoms with Gasteiger partial charge in [0, 0.05) is 32.1 Å². The molecule has 2 aromatic rings. The van der Waals surface area contributed by atoms with Crippen LogP contribution in [-0.2, 0) is 13.6 Å². The molecule has 0 radical (unpaired) electrons. The van der Waals surface area contributed by atoms with Gasteiger partial charge in [-0.2, -0.15) is 0 Å². The van der Waals surface area contributed by atoms with Crippen molar-refractivity contribution in [2.24, 2.45) is 7.05 Å². The van der Waals surface area contributed by atoms with E-state index >= 15 is 0 Å². The van der Waals surface area contributed by atoms with E-state index in [9.17, 15) is 0 Å². The molecule has 0 spiro atoms. The summed E-state index contributed by atoms with van der Waals surface area (Å²) in [5.74, 6) is 3.80. The van der Waals surface area contributed by atoms with Crippen molar-refractivity contribution in [3.8, 4) is 0 Å². The topological polar surface area (TPSA) is 89.0 Å². The van der Waals surface area contributed by atoms with Crippen LogP contribution in [-0.4, -0.2) is 63.1 Å². The first-order chi connectivity index (χ1) is 12.0. The fourth-order valence-corrected chi connectivity index (χ4v) is 3.61. The molecule has 1 aliphatic heterocycles. The molecule has 0 aromatic carbocycles. The second kappa shape index (κ2) is 7.57. The zero-order valence-corrected chi connectivity index (χ0v) is 16.1. The lowest BCUT2D eigenvalue weighted by Crippen LogP contribution is -2.36. The molecule has 0 bridgehead atoms. The first kappa shape index (κ1) is 17.9. The molecule has 2 N–H and O–H groups in total. The van der Waals surface area contributed by atoms with Gasteiger partial charge in [-0.1, -0.05) is 11.8 Å². The smallest absolute Gasteiger partial charge is 0.191 e. The Kier molecular flexibility index (Phi) is 5.43. The lowest BCUT2D eigenvalue weighted by atomic mass is 9.97. The van der Waals surface area contributed by atoms with Gasteiger partial charge in [-0.05, 0) is 33.2 Å². The maximum atomic E-state index is 5.94. The largest absolute Gasteiger partial charge is 0.383 e. The number of hydrogen-bond donors (Lipinski definition) is 1. The predicted octanol–water partition coefficient (Wildman–Crippen LogP) is 1.35. The lowest BCUT2D eigenvalue weighted by Gasteiger charge is -2.33. The summed E-state index contributed by atoms with van der Waals surface area (Å²) in [5, 5.41) is 9.56. The molecule has 25 heavy (non-hydrogen) atoms. The minimum Gasteiger partial charge on any atom is -0.383 e. The fourth-order valence-electron chi connectivity index (χ4n) is 3.23. The summed E-state index contributed by atoms with van der Waals surface area (Å²) >= 11 is 1.51. The molecule has 3 rings (SSSR count). The van der Waals surface area contributed by atoms with Crippen molar-refractivity contribution >= 4 is 23.4 Å². The van der Waals surface area contributed by atoms with Crippen LogP contribution in [0.25, 0.3) is 0 Å². The van der Waals surface area contributed by atoms with E-state index in [0.717, 1.165) is 49.9 Å². The highest BCUT2D eigenvalue weighted by Crippen LogP contribution is 2.29. The van der Waals surface area contributed by atoms with Gasteiger partial charge in [0.25, 0.3) is 0 Å². The van der Waals surface area contributed by atoms with Gasteiger partial charge < -0.3 is 20.1 Å². The van der Waals surface area contributed by atoms with Crippen LogP contribution in [0, 0.1) is 0 Å². The second-order valence-corrected chi connectivity index (χ2v) is 7.47. The minimum absolute atomic E-state index is 0.344. The second-order valence-electron chi connectivity index (χ2n) is 6.69. The number of aromatic nitrogens is 5. The molecule has 1 atom stereocenters. The van der Waals surface area contributed by atoms with E-state index in [0.29, 0.717) is 16.9 Å². The molecule has 1 aliphatic rings.